The van der Waals surface area contributed by atoms with E-state index in [4.69, 9.17) is 16.2 Å². The number of nitrogens with two attached hydrogens (primary N) is 1. The fraction of sp³-hybridized carbons (Fsp3) is 0.400. The zero-order valence-corrected chi connectivity index (χ0v) is 6.01. The van der Waals surface area contributed by atoms with E-state index < -0.39 is 24.6 Å². The van der Waals surface area contributed by atoms with Crippen molar-refractivity contribution in [2.45, 2.75) is 6.04 Å². The number of carboxylic acid groups (broad SMARTS) is 1. The Labute approximate surface area is 67.7 Å². The molecule has 0 aromatic rings. The minimum Gasteiger partial charge on any atom is -0.548 e. The van der Waals surface area contributed by atoms with Gasteiger partial charge in [-0.05, 0) is 0 Å². The monoisotopic (exact) mass is 173 g/mol. The van der Waals surface area contributed by atoms with Crippen LogP contribution in [-0.4, -0.2) is 23.7 Å². The molecule has 0 spiro atoms. The average Bonchev–Trinajstić information content (AvgIpc) is 2.00. The van der Waals surface area contributed by atoms with Gasteiger partial charge in [0.15, 0.2) is 4.98 Å². The summed E-state index contributed by atoms with van der Waals surface area (Å²) in [7, 11) is 0. The second-order valence-corrected chi connectivity index (χ2v) is 1.82. The number of carbonyl (C=O) groups is 1. The van der Waals surface area contributed by atoms with Crippen LogP contribution < -0.4 is 10.8 Å². The molecule has 0 aromatic heterocycles. The van der Waals surface area contributed by atoms with Crippen molar-refractivity contribution >= 4 is 5.97 Å². The van der Waals surface area contributed by atoms with Gasteiger partial charge in [-0.25, -0.2) is 0 Å². The first-order valence-corrected chi connectivity index (χ1v) is 2.90. The maximum Gasteiger partial charge on any atom is 0.429 e. The van der Waals surface area contributed by atoms with E-state index in [1.807, 2.05) is 0 Å². The van der Waals surface area contributed by atoms with Gasteiger partial charge in [0.25, 0.3) is 0 Å². The summed E-state index contributed by atoms with van der Waals surface area (Å²) in [5.41, 5.74) is 4.94. The first-order chi connectivity index (χ1) is 5.57. The van der Waals surface area contributed by atoms with Crippen LogP contribution in [-0.2, 0) is 9.53 Å². The van der Waals surface area contributed by atoms with Crippen molar-refractivity contribution in [1.29, 1.82) is 5.39 Å². The number of hydrogen-bond acceptors (Lipinski definition) is 6. The van der Waals surface area contributed by atoms with Gasteiger partial charge in [0.2, 0.25) is 5.39 Å². The highest BCUT2D eigenvalue weighted by atomic mass is 16.6. The van der Waals surface area contributed by atoms with Gasteiger partial charge >= 0.3 is 12.1 Å². The van der Waals surface area contributed by atoms with Crippen molar-refractivity contribution in [2.24, 2.45) is 5.73 Å². The van der Waals surface area contributed by atoms with Gasteiger partial charge in [-0.1, -0.05) is 0 Å². The van der Waals surface area contributed by atoms with Gasteiger partial charge < -0.3 is 25.5 Å². The summed E-state index contributed by atoms with van der Waals surface area (Å²) in [6.45, 7) is -0.458. The molecule has 0 unspecified atom stereocenters. The molecule has 0 aliphatic rings. The van der Waals surface area contributed by atoms with Crippen molar-refractivity contribution in [3.05, 3.63) is 17.1 Å². The van der Waals surface area contributed by atoms with Gasteiger partial charge in [-0.3, -0.25) is 0 Å². The molecular formula is C5H7N3O4. The van der Waals surface area contributed by atoms with Crippen LogP contribution in [0.2, 0.25) is 0 Å². The molecule has 0 heterocycles. The van der Waals surface area contributed by atoms with E-state index in [0.29, 0.717) is 6.20 Å². The Bertz CT molecular complexity index is 231. The van der Waals surface area contributed by atoms with Crippen LogP contribution in [0.3, 0.4) is 0 Å². The first-order valence-electron chi connectivity index (χ1n) is 2.90. The molecule has 0 saturated carbocycles. The quantitative estimate of drug-likeness (QED) is 0.385. The summed E-state index contributed by atoms with van der Waals surface area (Å²) in [5.74, 6) is -2.22. The summed E-state index contributed by atoms with van der Waals surface area (Å²) < 4.78 is 4.32. The van der Waals surface area contributed by atoms with Gasteiger partial charge in [0.05, 0.1) is 12.0 Å². The number of rotatable bonds is 4. The summed E-state index contributed by atoms with van der Waals surface area (Å²) in [4.78, 5) is 12.4. The van der Waals surface area contributed by atoms with Crippen molar-refractivity contribution in [1.82, 2.24) is 0 Å². The fourth-order valence-electron chi connectivity index (χ4n) is 0.330. The predicted octanol–water partition coefficient (Wildman–Crippen LogP) is -1.71. The molecule has 0 rings (SSSR count). The lowest BCUT2D eigenvalue weighted by molar-refractivity contribution is -0.308. The third-order valence-electron chi connectivity index (χ3n) is 0.882. The molecule has 0 radical (unpaired) electrons. The molecule has 0 aliphatic carbocycles. The predicted molar refractivity (Wildman–Crippen MR) is 34.7 cm³/mol. The molecule has 12 heavy (non-hydrogen) atoms. The Kier molecular flexibility index (Phi) is 4.18. The summed E-state index contributed by atoms with van der Waals surface area (Å²) >= 11 is 0. The second kappa shape index (κ2) is 4.92. The van der Waals surface area contributed by atoms with Crippen LogP contribution >= 0.6 is 0 Å². The maximum absolute atomic E-state index is 9.98. The molecule has 66 valence electrons. The zero-order chi connectivity index (χ0) is 9.56. The third kappa shape index (κ3) is 4.08. The van der Waals surface area contributed by atoms with Crippen molar-refractivity contribution in [2.75, 3.05) is 6.61 Å². The summed E-state index contributed by atoms with van der Waals surface area (Å²) in [6, 6.07) is -1.33. The lowest BCUT2D eigenvalue weighted by Gasteiger charge is -2.11. The maximum atomic E-state index is 9.98. The van der Waals surface area contributed by atoms with Crippen LogP contribution in [0.5, 0.6) is 0 Å². The Balaban J connectivity index is 3.78. The Morgan fingerprint density at radius 1 is 1.92 bits per heavy atom. The molecule has 7 nitrogen and oxygen atoms in total. The van der Waals surface area contributed by atoms with Gasteiger partial charge in [0.1, 0.15) is 6.61 Å². The number of aliphatic carboxylic acids is 1. The van der Waals surface area contributed by atoms with E-state index in [2.05, 4.69) is 9.71 Å². The number of diazo groups is 1. The standard InChI is InChI=1S/C5H7N3O4/c6-3(5(10)11)2-12-4(9)1-8-7/h1,3H,2,6H2,(H-,9,10,11)/b4-1-/t3-/m0/s1. The first kappa shape index (κ1) is 10.2. The summed E-state index contributed by atoms with van der Waals surface area (Å²) in [6.07, 6.45) is 0.585. The molecule has 7 heteroatoms. The molecule has 0 fully saturated rings. The molecule has 0 aromatic carbocycles. The van der Waals surface area contributed by atoms with Crippen LogP contribution in [0.15, 0.2) is 12.1 Å². The molecule has 0 aliphatic heterocycles. The molecule has 1 atom stereocenters. The normalized spacial score (nSPS) is 13.2. The van der Waals surface area contributed by atoms with Crippen LogP contribution in [0.1, 0.15) is 0 Å². The van der Waals surface area contributed by atoms with E-state index in [0.717, 1.165) is 0 Å². The minimum atomic E-state index is -1.50. The largest absolute Gasteiger partial charge is 0.548 e. The van der Waals surface area contributed by atoms with E-state index >= 15 is 0 Å². The number of carboxylic acids is 1. The van der Waals surface area contributed by atoms with Crippen LogP contribution in [0, 0.1) is 5.39 Å². The van der Waals surface area contributed by atoms with E-state index in [9.17, 15) is 9.90 Å². The highest BCUT2D eigenvalue weighted by Gasteiger charge is 2.06. The smallest absolute Gasteiger partial charge is 0.429 e. The summed E-state index contributed by atoms with van der Waals surface area (Å²) in [5, 5.41) is 26.4. The number of nitrogens with zero attached hydrogens (tertiary/aromatic N) is 2. The van der Waals surface area contributed by atoms with Gasteiger partial charge in [-0.2, -0.15) is 0 Å². The van der Waals surface area contributed by atoms with E-state index in [1.54, 1.807) is 0 Å². The number of carbonyl (C=O) groups excluding carboxylic acids is 1. The van der Waals surface area contributed by atoms with E-state index in [1.165, 1.54) is 0 Å². The van der Waals surface area contributed by atoms with Crippen molar-refractivity contribution in [3.8, 4) is 0 Å². The molecule has 0 amide bonds. The Morgan fingerprint density at radius 3 is 2.92 bits per heavy atom. The Hall–Kier alpha value is -1.81. The van der Waals surface area contributed by atoms with Crippen LogP contribution in [0.25, 0.3) is 4.98 Å². The van der Waals surface area contributed by atoms with Crippen molar-refractivity contribution in [3.63, 3.8) is 0 Å². The molecular weight excluding hydrogens is 166 g/mol. The average molecular weight is 173 g/mol. The fourth-order valence-corrected chi connectivity index (χ4v) is 0.330. The van der Waals surface area contributed by atoms with Crippen LogP contribution in [0.4, 0.5) is 0 Å². The number of aliphatic hydroxyl groups is 1. The highest BCUT2D eigenvalue weighted by Crippen LogP contribution is 1.92. The SMILES string of the molecule is N#[N+]/C=C(/O)OC[C@H](N)C(=O)[O-]. The lowest BCUT2D eigenvalue weighted by atomic mass is 10.3. The number of hydrogen-bond donors (Lipinski definition) is 2. The minimum absolute atomic E-state index is 0.458. The van der Waals surface area contributed by atoms with Gasteiger partial charge in [0, 0.05) is 0 Å². The molecule has 3 N–H and O–H groups in total. The van der Waals surface area contributed by atoms with E-state index in [-0.39, 0.29) is 0 Å². The number of ether oxygens (including phenoxy) is 1. The van der Waals surface area contributed by atoms with Crippen molar-refractivity contribution < 1.29 is 19.7 Å². The number of aliphatic hydroxyl groups excluding tert-OH is 1. The lowest BCUT2D eigenvalue weighted by Crippen LogP contribution is -2.44. The molecule has 0 bridgehead atoms. The zero-order valence-electron chi connectivity index (χ0n) is 6.01. The topological polar surface area (TPSA) is 124 Å². The molecule has 0 saturated heterocycles. The highest BCUT2D eigenvalue weighted by molar-refractivity contribution is 5.70. The Morgan fingerprint density at radius 2 is 2.50 bits per heavy atom. The third-order valence-corrected chi connectivity index (χ3v) is 0.882. The second-order valence-electron chi connectivity index (χ2n) is 1.82. The van der Waals surface area contributed by atoms with Gasteiger partial charge in [-0.15, -0.1) is 0 Å².